The standard InChI is InChI=1S/C21H19N3O8S2/c1-13(20(25)22-17-12-16(24(27)28)9-10-18(17)31-2)32-21(26)14-5-7-15(8-6-14)23-34(29,30)19-4-3-11-33-19/h3-13,23H,1-2H3,(H,22,25). The van der Waals surface area contributed by atoms with E-state index in [0.29, 0.717) is 0 Å². The molecule has 1 unspecified atom stereocenters. The quantitative estimate of drug-likeness (QED) is 0.254. The van der Waals surface area contributed by atoms with Crippen molar-refractivity contribution in [1.82, 2.24) is 0 Å². The van der Waals surface area contributed by atoms with Gasteiger partial charge in [0.1, 0.15) is 9.96 Å². The van der Waals surface area contributed by atoms with Crippen LogP contribution in [0.5, 0.6) is 5.75 Å². The van der Waals surface area contributed by atoms with Crippen LogP contribution >= 0.6 is 11.3 Å². The van der Waals surface area contributed by atoms with Crippen LogP contribution in [-0.2, 0) is 19.6 Å². The van der Waals surface area contributed by atoms with Crippen LogP contribution in [0, 0.1) is 10.1 Å². The number of rotatable bonds is 9. The third kappa shape index (κ3) is 5.88. The van der Waals surface area contributed by atoms with Crippen molar-refractivity contribution < 1.29 is 32.4 Å². The van der Waals surface area contributed by atoms with Crippen molar-refractivity contribution in [2.24, 2.45) is 0 Å². The van der Waals surface area contributed by atoms with Gasteiger partial charge in [0.05, 0.1) is 23.3 Å². The molecule has 34 heavy (non-hydrogen) atoms. The lowest BCUT2D eigenvalue weighted by molar-refractivity contribution is -0.384. The van der Waals surface area contributed by atoms with Gasteiger partial charge in [0.15, 0.2) is 6.10 Å². The molecule has 1 heterocycles. The lowest BCUT2D eigenvalue weighted by Gasteiger charge is -2.15. The summed E-state index contributed by atoms with van der Waals surface area (Å²) in [5.41, 5.74) is 0.127. The van der Waals surface area contributed by atoms with E-state index < -0.39 is 32.9 Å². The van der Waals surface area contributed by atoms with E-state index in [9.17, 15) is 28.1 Å². The first-order chi connectivity index (χ1) is 16.1. The van der Waals surface area contributed by atoms with E-state index in [2.05, 4.69) is 10.0 Å². The third-order valence-corrected chi connectivity index (χ3v) is 7.22. The van der Waals surface area contributed by atoms with Crippen LogP contribution in [0.15, 0.2) is 64.2 Å². The molecular formula is C21H19N3O8S2. The Kier molecular flexibility index (Phi) is 7.48. The van der Waals surface area contributed by atoms with Gasteiger partial charge in [-0.25, -0.2) is 13.2 Å². The second-order valence-corrected chi connectivity index (χ2v) is 9.65. The smallest absolute Gasteiger partial charge is 0.338 e. The van der Waals surface area contributed by atoms with Crippen molar-refractivity contribution in [3.63, 3.8) is 0 Å². The Labute approximate surface area is 198 Å². The van der Waals surface area contributed by atoms with Gasteiger partial charge in [-0.1, -0.05) is 6.07 Å². The van der Waals surface area contributed by atoms with E-state index in [1.807, 2.05) is 0 Å². The Morgan fingerprint density at radius 3 is 2.41 bits per heavy atom. The van der Waals surface area contributed by atoms with Gasteiger partial charge in [0.2, 0.25) is 0 Å². The predicted molar refractivity (Wildman–Crippen MR) is 125 cm³/mol. The summed E-state index contributed by atoms with van der Waals surface area (Å²) in [6.45, 7) is 1.33. The Balaban J connectivity index is 1.63. The highest BCUT2D eigenvalue weighted by atomic mass is 32.2. The molecule has 0 aliphatic heterocycles. The minimum absolute atomic E-state index is 0.0481. The van der Waals surface area contributed by atoms with E-state index in [0.717, 1.165) is 17.4 Å². The molecule has 2 N–H and O–H groups in total. The normalized spacial score (nSPS) is 11.8. The number of benzene rings is 2. The summed E-state index contributed by atoms with van der Waals surface area (Å²) in [6.07, 6.45) is -1.24. The van der Waals surface area contributed by atoms with Crippen molar-refractivity contribution >= 4 is 50.3 Å². The first-order valence-corrected chi connectivity index (χ1v) is 12.0. The maximum atomic E-state index is 12.5. The van der Waals surface area contributed by atoms with Crippen molar-refractivity contribution in [1.29, 1.82) is 0 Å². The lowest BCUT2D eigenvalue weighted by Crippen LogP contribution is -2.30. The zero-order valence-corrected chi connectivity index (χ0v) is 19.5. The van der Waals surface area contributed by atoms with E-state index in [4.69, 9.17) is 9.47 Å². The van der Waals surface area contributed by atoms with Crippen LogP contribution in [0.1, 0.15) is 17.3 Å². The summed E-state index contributed by atoms with van der Waals surface area (Å²) in [6, 6.07) is 12.2. The second kappa shape index (κ2) is 10.3. The molecule has 0 saturated heterocycles. The summed E-state index contributed by atoms with van der Waals surface area (Å²) in [7, 11) is -2.39. The number of anilines is 2. The number of nitrogens with one attached hydrogen (secondary N) is 2. The molecule has 0 aliphatic carbocycles. The minimum atomic E-state index is -3.73. The summed E-state index contributed by atoms with van der Waals surface area (Å²) in [4.78, 5) is 35.2. The van der Waals surface area contributed by atoms with Crippen LogP contribution in [-0.4, -0.2) is 38.4 Å². The second-order valence-electron chi connectivity index (χ2n) is 6.79. The fourth-order valence-electron chi connectivity index (χ4n) is 2.72. The minimum Gasteiger partial charge on any atom is -0.495 e. The fraction of sp³-hybridized carbons (Fsp3) is 0.143. The molecule has 1 atom stereocenters. The molecule has 13 heteroatoms. The molecule has 1 amide bonds. The molecule has 11 nitrogen and oxygen atoms in total. The van der Waals surface area contributed by atoms with Gasteiger partial charge in [-0.2, -0.15) is 0 Å². The largest absolute Gasteiger partial charge is 0.495 e. The first-order valence-electron chi connectivity index (χ1n) is 9.61. The maximum Gasteiger partial charge on any atom is 0.338 e. The fourth-order valence-corrected chi connectivity index (χ4v) is 4.77. The van der Waals surface area contributed by atoms with Crippen molar-refractivity contribution in [2.75, 3.05) is 17.1 Å². The highest BCUT2D eigenvalue weighted by molar-refractivity contribution is 7.94. The number of esters is 1. The van der Waals surface area contributed by atoms with Crippen LogP contribution in [0.2, 0.25) is 0 Å². The molecule has 0 radical (unpaired) electrons. The third-order valence-electron chi connectivity index (χ3n) is 4.44. The number of carbonyl (C=O) groups excluding carboxylic acids is 2. The number of sulfonamides is 1. The van der Waals surface area contributed by atoms with Crippen molar-refractivity contribution in [3.8, 4) is 5.75 Å². The van der Waals surface area contributed by atoms with Crippen molar-refractivity contribution in [3.05, 3.63) is 75.7 Å². The lowest BCUT2D eigenvalue weighted by atomic mass is 10.2. The van der Waals surface area contributed by atoms with E-state index in [-0.39, 0.29) is 32.6 Å². The number of methoxy groups -OCH3 is 1. The average Bonchev–Trinajstić information content (AvgIpc) is 3.35. The highest BCUT2D eigenvalue weighted by Gasteiger charge is 2.22. The molecule has 0 spiro atoms. The monoisotopic (exact) mass is 505 g/mol. The Hall–Kier alpha value is -3.97. The van der Waals surface area contributed by atoms with Gasteiger partial charge in [-0.15, -0.1) is 11.3 Å². The molecule has 0 aliphatic rings. The number of hydrogen-bond acceptors (Lipinski definition) is 9. The van der Waals surface area contributed by atoms with Crippen LogP contribution in [0.4, 0.5) is 17.1 Å². The van der Waals surface area contributed by atoms with Crippen LogP contribution < -0.4 is 14.8 Å². The molecule has 0 fully saturated rings. The number of carbonyl (C=O) groups is 2. The van der Waals surface area contributed by atoms with Gasteiger partial charge in [0, 0.05) is 17.8 Å². The molecule has 3 rings (SSSR count). The van der Waals surface area contributed by atoms with Crippen molar-refractivity contribution in [2.45, 2.75) is 17.2 Å². The van der Waals surface area contributed by atoms with Gasteiger partial charge >= 0.3 is 5.97 Å². The molecule has 178 valence electrons. The van der Waals surface area contributed by atoms with E-state index >= 15 is 0 Å². The molecule has 1 aromatic heterocycles. The number of nitro groups is 1. The topological polar surface area (TPSA) is 154 Å². The summed E-state index contributed by atoms with van der Waals surface area (Å²) >= 11 is 1.07. The summed E-state index contributed by atoms with van der Waals surface area (Å²) in [5.74, 6) is -1.35. The zero-order valence-electron chi connectivity index (χ0n) is 17.9. The van der Waals surface area contributed by atoms with Crippen LogP contribution in [0.25, 0.3) is 0 Å². The number of ether oxygens (including phenoxy) is 2. The molecule has 0 bridgehead atoms. The number of nitro benzene ring substituents is 1. The highest BCUT2D eigenvalue weighted by Crippen LogP contribution is 2.29. The predicted octanol–water partition coefficient (Wildman–Crippen LogP) is 3.65. The van der Waals surface area contributed by atoms with E-state index in [1.165, 1.54) is 56.5 Å². The molecular weight excluding hydrogens is 486 g/mol. The van der Waals surface area contributed by atoms with Crippen LogP contribution in [0.3, 0.4) is 0 Å². The van der Waals surface area contributed by atoms with Gasteiger partial charge in [-0.05, 0) is 48.7 Å². The number of non-ortho nitro benzene ring substituents is 1. The van der Waals surface area contributed by atoms with Gasteiger partial charge < -0.3 is 14.8 Å². The maximum absolute atomic E-state index is 12.5. The number of thiophene rings is 1. The number of amides is 1. The van der Waals surface area contributed by atoms with Gasteiger partial charge in [0.25, 0.3) is 21.6 Å². The molecule has 0 saturated carbocycles. The Morgan fingerprint density at radius 1 is 1.12 bits per heavy atom. The van der Waals surface area contributed by atoms with E-state index in [1.54, 1.807) is 11.4 Å². The Bertz CT molecular complexity index is 1310. The first kappa shape index (κ1) is 24.7. The SMILES string of the molecule is COc1ccc([N+](=O)[O-])cc1NC(=O)C(C)OC(=O)c1ccc(NS(=O)(=O)c2cccs2)cc1. The summed E-state index contributed by atoms with van der Waals surface area (Å²) < 4.78 is 37.3. The Morgan fingerprint density at radius 2 is 1.82 bits per heavy atom. The molecule has 2 aromatic carbocycles. The average molecular weight is 506 g/mol. The molecule has 3 aromatic rings. The van der Waals surface area contributed by atoms with Gasteiger partial charge in [-0.3, -0.25) is 19.6 Å². The zero-order chi connectivity index (χ0) is 24.9. The number of nitrogens with zero attached hydrogens (tertiary/aromatic N) is 1. The summed E-state index contributed by atoms with van der Waals surface area (Å²) in [5, 5.41) is 15.1. The number of hydrogen-bond donors (Lipinski definition) is 2.